The van der Waals surface area contributed by atoms with E-state index in [1.54, 1.807) is 0 Å². The highest BCUT2D eigenvalue weighted by atomic mass is 16.6. The van der Waals surface area contributed by atoms with Gasteiger partial charge in [-0.15, -0.1) is 0 Å². The maximum absolute atomic E-state index is 10.6. The molecule has 3 N–H and O–H groups in total. The summed E-state index contributed by atoms with van der Waals surface area (Å²) in [5.41, 5.74) is 0.00306. The lowest BCUT2D eigenvalue weighted by atomic mass is 10.2. The van der Waals surface area contributed by atoms with Crippen molar-refractivity contribution in [1.29, 1.82) is 0 Å². The van der Waals surface area contributed by atoms with Crippen LogP contribution in [0.25, 0.3) is 0 Å². The fourth-order valence-electron chi connectivity index (χ4n) is 0.904. The van der Waals surface area contributed by atoms with Crippen LogP contribution in [0.2, 0.25) is 0 Å². The topological polar surface area (TPSA) is 81.8 Å². The van der Waals surface area contributed by atoms with Gasteiger partial charge in [-0.3, -0.25) is 0 Å². The molecule has 0 aliphatic rings. The van der Waals surface area contributed by atoms with Gasteiger partial charge in [0.1, 0.15) is 11.3 Å². The molecular formula is C8H9NO4. The van der Waals surface area contributed by atoms with E-state index < -0.39 is 5.97 Å². The van der Waals surface area contributed by atoms with Crippen molar-refractivity contribution in [3.63, 3.8) is 0 Å². The highest BCUT2D eigenvalue weighted by molar-refractivity contribution is 5.91. The van der Waals surface area contributed by atoms with Crippen LogP contribution in [0.4, 0.5) is 0 Å². The van der Waals surface area contributed by atoms with Gasteiger partial charge in [0.2, 0.25) is 0 Å². The van der Waals surface area contributed by atoms with E-state index in [4.69, 9.17) is 15.7 Å². The average molecular weight is 183 g/mol. The highest BCUT2D eigenvalue weighted by Crippen LogP contribution is 2.23. The molecule has 0 radical (unpaired) electrons. The lowest BCUT2D eigenvalue weighted by molar-refractivity contribution is 0.0692. The van der Waals surface area contributed by atoms with E-state index in [1.807, 2.05) is 0 Å². The molecule has 1 aromatic carbocycles. The number of nitrogens with two attached hydrogens (primary N) is 1. The Morgan fingerprint density at radius 1 is 1.54 bits per heavy atom. The summed E-state index contributed by atoms with van der Waals surface area (Å²) in [6.45, 7) is 0. The zero-order valence-corrected chi connectivity index (χ0v) is 6.98. The van der Waals surface area contributed by atoms with E-state index in [9.17, 15) is 4.79 Å². The number of hydrogen-bond donors (Lipinski definition) is 2. The van der Waals surface area contributed by atoms with Crippen LogP contribution in [0, 0.1) is 0 Å². The molecule has 0 saturated heterocycles. The number of carboxylic acids is 1. The van der Waals surface area contributed by atoms with Crippen molar-refractivity contribution in [3.8, 4) is 11.5 Å². The van der Waals surface area contributed by atoms with Crippen LogP contribution in [0.15, 0.2) is 18.2 Å². The van der Waals surface area contributed by atoms with Gasteiger partial charge in [0.25, 0.3) is 0 Å². The van der Waals surface area contributed by atoms with Gasteiger partial charge in [0.15, 0.2) is 5.75 Å². The summed E-state index contributed by atoms with van der Waals surface area (Å²) < 4.78 is 4.86. The highest BCUT2D eigenvalue weighted by Gasteiger charge is 2.11. The fourth-order valence-corrected chi connectivity index (χ4v) is 0.904. The molecule has 0 bridgehead atoms. The van der Waals surface area contributed by atoms with Crippen LogP contribution in [-0.4, -0.2) is 18.2 Å². The first-order valence-electron chi connectivity index (χ1n) is 3.47. The van der Waals surface area contributed by atoms with E-state index in [0.717, 1.165) is 0 Å². The third kappa shape index (κ3) is 1.88. The van der Waals surface area contributed by atoms with E-state index in [2.05, 4.69) is 4.84 Å². The van der Waals surface area contributed by atoms with Crippen molar-refractivity contribution < 1.29 is 19.5 Å². The molecule has 0 atom stereocenters. The Kier molecular flexibility index (Phi) is 2.71. The summed E-state index contributed by atoms with van der Waals surface area (Å²) in [6, 6.07) is 4.29. The summed E-state index contributed by atoms with van der Waals surface area (Å²) in [7, 11) is 1.47. The maximum Gasteiger partial charge on any atom is 0.339 e. The number of methoxy groups -OCH3 is 1. The number of carbonyl (C=O) groups is 1. The standard InChI is InChI=1S/C8H9NO4/c1-12-5-2-3-6(8(10)11)7(4-5)13-9/h2-4H,9H2,1H3,(H,10,11). The van der Waals surface area contributed by atoms with Crippen molar-refractivity contribution in [2.45, 2.75) is 0 Å². The first kappa shape index (κ1) is 9.34. The van der Waals surface area contributed by atoms with E-state index in [1.165, 1.54) is 25.3 Å². The molecule has 1 rings (SSSR count). The number of hydrogen-bond acceptors (Lipinski definition) is 4. The predicted molar refractivity (Wildman–Crippen MR) is 44.8 cm³/mol. The van der Waals surface area contributed by atoms with Gasteiger partial charge in [0, 0.05) is 6.07 Å². The molecule has 0 spiro atoms. The first-order chi connectivity index (χ1) is 6.19. The summed E-state index contributed by atoms with van der Waals surface area (Å²) in [5, 5.41) is 8.68. The monoisotopic (exact) mass is 183 g/mol. The third-order valence-electron chi connectivity index (χ3n) is 1.55. The summed E-state index contributed by atoms with van der Waals surface area (Å²) in [4.78, 5) is 15.0. The minimum absolute atomic E-state index is 0.00306. The zero-order chi connectivity index (χ0) is 9.84. The van der Waals surface area contributed by atoms with Gasteiger partial charge in [-0.25, -0.2) is 4.79 Å². The zero-order valence-electron chi connectivity index (χ0n) is 6.98. The molecule has 70 valence electrons. The number of benzene rings is 1. The fraction of sp³-hybridized carbons (Fsp3) is 0.125. The molecule has 0 aromatic heterocycles. The molecule has 5 heteroatoms. The quantitative estimate of drug-likeness (QED) is 0.672. The van der Waals surface area contributed by atoms with Gasteiger partial charge in [-0.2, -0.15) is 5.90 Å². The van der Waals surface area contributed by atoms with E-state index in [-0.39, 0.29) is 11.3 Å². The van der Waals surface area contributed by atoms with Gasteiger partial charge >= 0.3 is 5.97 Å². The van der Waals surface area contributed by atoms with Crippen LogP contribution < -0.4 is 15.5 Å². The predicted octanol–water partition coefficient (Wildman–Crippen LogP) is 0.646. The van der Waals surface area contributed by atoms with Gasteiger partial charge in [-0.05, 0) is 12.1 Å². The Morgan fingerprint density at radius 2 is 2.23 bits per heavy atom. The van der Waals surface area contributed by atoms with Crippen LogP contribution in [-0.2, 0) is 0 Å². The molecule has 0 unspecified atom stereocenters. The van der Waals surface area contributed by atoms with E-state index >= 15 is 0 Å². The molecule has 0 heterocycles. The summed E-state index contributed by atoms with van der Waals surface area (Å²) >= 11 is 0. The summed E-state index contributed by atoms with van der Waals surface area (Å²) in [6.07, 6.45) is 0. The lowest BCUT2D eigenvalue weighted by Gasteiger charge is -2.05. The molecule has 1 aromatic rings. The Labute approximate surface area is 74.6 Å². The van der Waals surface area contributed by atoms with Crippen molar-refractivity contribution in [3.05, 3.63) is 23.8 Å². The Morgan fingerprint density at radius 3 is 2.69 bits per heavy atom. The Balaban J connectivity index is 3.15. The first-order valence-corrected chi connectivity index (χ1v) is 3.47. The second-order valence-corrected chi connectivity index (χ2v) is 2.29. The Bertz CT molecular complexity index is 324. The SMILES string of the molecule is COc1ccc(C(=O)O)c(ON)c1. The minimum Gasteiger partial charge on any atom is -0.497 e. The molecule has 0 aliphatic carbocycles. The molecule has 0 fully saturated rings. The van der Waals surface area contributed by atoms with Crippen molar-refractivity contribution in [1.82, 2.24) is 0 Å². The van der Waals surface area contributed by atoms with Crippen LogP contribution in [0.3, 0.4) is 0 Å². The van der Waals surface area contributed by atoms with Crippen molar-refractivity contribution in [2.75, 3.05) is 7.11 Å². The molecule has 13 heavy (non-hydrogen) atoms. The van der Waals surface area contributed by atoms with Gasteiger partial charge < -0.3 is 14.7 Å². The molecular weight excluding hydrogens is 174 g/mol. The second kappa shape index (κ2) is 3.77. The largest absolute Gasteiger partial charge is 0.497 e. The van der Waals surface area contributed by atoms with Crippen LogP contribution in [0.5, 0.6) is 11.5 Å². The van der Waals surface area contributed by atoms with Crippen LogP contribution >= 0.6 is 0 Å². The smallest absolute Gasteiger partial charge is 0.339 e. The normalized spacial score (nSPS) is 9.38. The third-order valence-corrected chi connectivity index (χ3v) is 1.55. The molecule has 0 saturated carbocycles. The average Bonchev–Trinajstić information content (AvgIpc) is 2.16. The number of carboxylic acid groups (broad SMARTS) is 1. The van der Waals surface area contributed by atoms with Crippen molar-refractivity contribution in [2.24, 2.45) is 5.90 Å². The maximum atomic E-state index is 10.6. The summed E-state index contributed by atoms with van der Waals surface area (Å²) in [5.74, 6) is 4.37. The van der Waals surface area contributed by atoms with Gasteiger partial charge in [-0.1, -0.05) is 0 Å². The minimum atomic E-state index is -1.09. The van der Waals surface area contributed by atoms with Crippen LogP contribution in [0.1, 0.15) is 10.4 Å². The van der Waals surface area contributed by atoms with E-state index in [0.29, 0.717) is 5.75 Å². The second-order valence-electron chi connectivity index (χ2n) is 2.29. The molecule has 0 amide bonds. The molecule has 5 nitrogen and oxygen atoms in total. The number of aromatic carboxylic acids is 1. The lowest BCUT2D eigenvalue weighted by Crippen LogP contribution is -2.08. The van der Waals surface area contributed by atoms with Crippen molar-refractivity contribution >= 4 is 5.97 Å². The number of rotatable bonds is 3. The van der Waals surface area contributed by atoms with Gasteiger partial charge in [0.05, 0.1) is 7.11 Å². The number of ether oxygens (including phenoxy) is 1. The molecule has 0 aliphatic heterocycles. The Hall–Kier alpha value is -1.75.